The molecule has 1 atom stereocenters. The predicted octanol–water partition coefficient (Wildman–Crippen LogP) is 2.12. The zero-order valence-corrected chi connectivity index (χ0v) is 11.6. The monoisotopic (exact) mass is 269 g/mol. The molecular weight excluding hydrogens is 250 g/mol. The van der Waals surface area contributed by atoms with Gasteiger partial charge in [0.05, 0.1) is 12.0 Å². The second kappa shape index (κ2) is 5.28. The summed E-state index contributed by atoms with van der Waals surface area (Å²) in [6, 6.07) is 6.57. The van der Waals surface area contributed by atoms with E-state index >= 15 is 0 Å². The van der Waals surface area contributed by atoms with Crippen LogP contribution in [-0.2, 0) is 10.0 Å². The van der Waals surface area contributed by atoms with Crippen LogP contribution in [0.25, 0.3) is 0 Å². The molecule has 1 aliphatic rings. The largest absolute Gasteiger partial charge is 0.497 e. The fraction of sp³-hybridized carbons (Fsp3) is 0.538. The van der Waals surface area contributed by atoms with E-state index in [2.05, 4.69) is 6.92 Å². The summed E-state index contributed by atoms with van der Waals surface area (Å²) in [6.45, 7) is 3.34. The van der Waals surface area contributed by atoms with Crippen molar-refractivity contribution >= 4 is 10.0 Å². The molecule has 1 saturated heterocycles. The van der Waals surface area contributed by atoms with Gasteiger partial charge in [-0.25, -0.2) is 8.42 Å². The molecule has 100 valence electrons. The number of sulfonamides is 1. The van der Waals surface area contributed by atoms with E-state index in [1.165, 1.54) is 0 Å². The summed E-state index contributed by atoms with van der Waals surface area (Å²) >= 11 is 0. The zero-order valence-electron chi connectivity index (χ0n) is 10.8. The van der Waals surface area contributed by atoms with Gasteiger partial charge in [-0.1, -0.05) is 6.92 Å². The van der Waals surface area contributed by atoms with E-state index in [0.717, 1.165) is 12.8 Å². The molecule has 18 heavy (non-hydrogen) atoms. The molecule has 0 spiro atoms. The van der Waals surface area contributed by atoms with Crippen LogP contribution in [0.5, 0.6) is 5.75 Å². The van der Waals surface area contributed by atoms with E-state index in [4.69, 9.17) is 4.74 Å². The Bertz CT molecular complexity index is 495. The quantitative estimate of drug-likeness (QED) is 0.844. The zero-order chi connectivity index (χ0) is 13.2. The maximum Gasteiger partial charge on any atom is 0.243 e. The number of benzene rings is 1. The lowest BCUT2D eigenvalue weighted by molar-refractivity contribution is 0.281. The Balaban J connectivity index is 2.23. The number of ether oxygens (including phenoxy) is 1. The minimum absolute atomic E-state index is 0.345. The highest BCUT2D eigenvalue weighted by atomic mass is 32.2. The van der Waals surface area contributed by atoms with Gasteiger partial charge in [0, 0.05) is 13.1 Å². The van der Waals surface area contributed by atoms with Gasteiger partial charge in [-0.05, 0) is 43.0 Å². The molecule has 0 aromatic heterocycles. The van der Waals surface area contributed by atoms with Crippen LogP contribution in [0.3, 0.4) is 0 Å². The van der Waals surface area contributed by atoms with Crippen molar-refractivity contribution in [1.29, 1.82) is 0 Å². The van der Waals surface area contributed by atoms with Gasteiger partial charge < -0.3 is 4.74 Å². The first-order valence-corrected chi connectivity index (χ1v) is 7.62. The summed E-state index contributed by atoms with van der Waals surface area (Å²) in [7, 11) is -1.78. The second-order valence-corrected chi connectivity index (χ2v) is 6.72. The van der Waals surface area contributed by atoms with Crippen molar-refractivity contribution in [2.75, 3.05) is 20.2 Å². The lowest BCUT2D eigenvalue weighted by Gasteiger charge is -2.30. The molecule has 0 unspecified atom stereocenters. The van der Waals surface area contributed by atoms with Gasteiger partial charge in [0.25, 0.3) is 0 Å². The Morgan fingerprint density at radius 2 is 1.94 bits per heavy atom. The number of piperidine rings is 1. The molecule has 0 aliphatic carbocycles. The molecule has 1 aromatic rings. The number of methoxy groups -OCH3 is 1. The number of nitrogens with zero attached hydrogens (tertiary/aromatic N) is 1. The molecule has 1 aromatic carbocycles. The van der Waals surface area contributed by atoms with Crippen molar-refractivity contribution in [3.63, 3.8) is 0 Å². The Labute approximate surface area is 109 Å². The van der Waals surface area contributed by atoms with Gasteiger partial charge in [0.1, 0.15) is 5.75 Å². The first-order valence-electron chi connectivity index (χ1n) is 6.18. The Morgan fingerprint density at radius 3 is 2.50 bits per heavy atom. The van der Waals surface area contributed by atoms with Crippen LogP contribution in [0.4, 0.5) is 0 Å². The smallest absolute Gasteiger partial charge is 0.243 e. The number of hydrogen-bond acceptors (Lipinski definition) is 3. The average molecular weight is 269 g/mol. The lowest BCUT2D eigenvalue weighted by Crippen LogP contribution is -2.39. The molecule has 0 bridgehead atoms. The number of hydrogen-bond donors (Lipinski definition) is 0. The third kappa shape index (κ3) is 2.67. The summed E-state index contributed by atoms with van der Waals surface area (Å²) in [6.07, 6.45) is 2.05. The van der Waals surface area contributed by atoms with Gasteiger partial charge >= 0.3 is 0 Å². The molecule has 1 aliphatic heterocycles. The molecule has 5 heteroatoms. The van der Waals surface area contributed by atoms with Crippen molar-refractivity contribution in [3.8, 4) is 5.75 Å². The van der Waals surface area contributed by atoms with Gasteiger partial charge in [-0.15, -0.1) is 0 Å². The molecule has 0 radical (unpaired) electrons. The van der Waals surface area contributed by atoms with Crippen molar-refractivity contribution in [1.82, 2.24) is 4.31 Å². The van der Waals surface area contributed by atoms with Crippen molar-refractivity contribution < 1.29 is 13.2 Å². The molecule has 0 N–H and O–H groups in total. The van der Waals surface area contributed by atoms with Crippen LogP contribution >= 0.6 is 0 Å². The minimum atomic E-state index is -3.34. The average Bonchev–Trinajstić information content (AvgIpc) is 2.39. The van der Waals surface area contributed by atoms with Crippen molar-refractivity contribution in [2.45, 2.75) is 24.7 Å². The van der Waals surface area contributed by atoms with Gasteiger partial charge in [0.15, 0.2) is 0 Å². The molecule has 1 fully saturated rings. The maximum atomic E-state index is 12.4. The third-order valence-corrected chi connectivity index (χ3v) is 5.20. The van der Waals surface area contributed by atoms with E-state index in [1.807, 2.05) is 0 Å². The lowest BCUT2D eigenvalue weighted by atomic mass is 10.0. The van der Waals surface area contributed by atoms with Crippen LogP contribution in [0.15, 0.2) is 29.2 Å². The summed E-state index contributed by atoms with van der Waals surface area (Å²) < 4.78 is 31.5. The predicted molar refractivity (Wildman–Crippen MR) is 70.2 cm³/mol. The van der Waals surface area contributed by atoms with E-state index in [1.54, 1.807) is 35.7 Å². The summed E-state index contributed by atoms with van der Waals surface area (Å²) in [5.41, 5.74) is 0. The van der Waals surface area contributed by atoms with Crippen LogP contribution in [0.2, 0.25) is 0 Å². The third-order valence-electron chi connectivity index (χ3n) is 3.32. The highest BCUT2D eigenvalue weighted by Crippen LogP contribution is 2.24. The fourth-order valence-corrected chi connectivity index (χ4v) is 3.86. The van der Waals surface area contributed by atoms with Gasteiger partial charge in [-0.2, -0.15) is 4.31 Å². The Morgan fingerprint density at radius 1 is 1.28 bits per heavy atom. The second-order valence-electron chi connectivity index (χ2n) is 4.79. The normalized spacial score (nSPS) is 21.8. The minimum Gasteiger partial charge on any atom is -0.497 e. The van der Waals surface area contributed by atoms with E-state index in [0.29, 0.717) is 29.7 Å². The Hall–Kier alpha value is -1.07. The summed E-state index contributed by atoms with van der Waals surface area (Å²) in [4.78, 5) is 0.345. The topological polar surface area (TPSA) is 46.6 Å². The van der Waals surface area contributed by atoms with Crippen LogP contribution < -0.4 is 4.74 Å². The van der Waals surface area contributed by atoms with Crippen molar-refractivity contribution in [3.05, 3.63) is 24.3 Å². The molecule has 2 rings (SSSR count). The fourth-order valence-electron chi connectivity index (χ4n) is 2.26. The first kappa shape index (κ1) is 13.4. The molecule has 0 saturated carbocycles. The SMILES string of the molecule is COc1ccc(S(=O)(=O)N2CCC[C@H](C)C2)cc1. The molecule has 0 amide bonds. The van der Waals surface area contributed by atoms with Crippen LogP contribution in [-0.4, -0.2) is 32.9 Å². The summed E-state index contributed by atoms with van der Waals surface area (Å²) in [5.74, 6) is 1.10. The molecule has 1 heterocycles. The maximum absolute atomic E-state index is 12.4. The molecular formula is C13H19NO3S. The highest BCUT2D eigenvalue weighted by molar-refractivity contribution is 7.89. The summed E-state index contributed by atoms with van der Waals surface area (Å²) in [5, 5.41) is 0. The van der Waals surface area contributed by atoms with Gasteiger partial charge in [0.2, 0.25) is 10.0 Å². The van der Waals surface area contributed by atoms with E-state index in [9.17, 15) is 8.42 Å². The van der Waals surface area contributed by atoms with Crippen LogP contribution in [0.1, 0.15) is 19.8 Å². The van der Waals surface area contributed by atoms with E-state index in [-0.39, 0.29) is 0 Å². The van der Waals surface area contributed by atoms with E-state index < -0.39 is 10.0 Å². The number of rotatable bonds is 3. The van der Waals surface area contributed by atoms with Crippen LogP contribution in [0, 0.1) is 5.92 Å². The standard InChI is InChI=1S/C13H19NO3S/c1-11-4-3-9-14(10-11)18(15,16)13-7-5-12(17-2)6-8-13/h5-8,11H,3-4,9-10H2,1-2H3/t11-/m0/s1. The Kier molecular flexibility index (Phi) is 3.92. The first-order chi connectivity index (χ1) is 8.54. The van der Waals surface area contributed by atoms with Gasteiger partial charge in [-0.3, -0.25) is 0 Å². The molecule has 4 nitrogen and oxygen atoms in total. The highest BCUT2D eigenvalue weighted by Gasteiger charge is 2.28. The van der Waals surface area contributed by atoms with Crippen molar-refractivity contribution in [2.24, 2.45) is 5.92 Å².